The predicted octanol–water partition coefficient (Wildman–Crippen LogP) is 4.11. The number of ether oxygens (including phenoxy) is 1. The Bertz CT molecular complexity index is 785. The van der Waals surface area contributed by atoms with Gasteiger partial charge in [-0.25, -0.2) is 9.59 Å². The van der Waals surface area contributed by atoms with E-state index in [4.69, 9.17) is 4.74 Å². The molecule has 0 saturated heterocycles. The van der Waals surface area contributed by atoms with Crippen LogP contribution in [0.3, 0.4) is 0 Å². The fourth-order valence-electron chi connectivity index (χ4n) is 2.65. The van der Waals surface area contributed by atoms with E-state index in [1.54, 1.807) is 13.8 Å². The SMILES string of the molecule is Cc1cccc(C)c1Oc1c(C(=O)O)cc(C)c(C(=O)O)c1C. The summed E-state index contributed by atoms with van der Waals surface area (Å²) in [5, 5.41) is 18.8. The zero-order valence-electron chi connectivity index (χ0n) is 13.4. The Kier molecular flexibility index (Phi) is 4.40. The topological polar surface area (TPSA) is 83.8 Å². The summed E-state index contributed by atoms with van der Waals surface area (Å²) in [6.07, 6.45) is 0. The second kappa shape index (κ2) is 6.12. The van der Waals surface area contributed by atoms with Crippen molar-refractivity contribution in [2.24, 2.45) is 0 Å². The minimum absolute atomic E-state index is 0.0485. The van der Waals surface area contributed by atoms with Crippen molar-refractivity contribution in [3.63, 3.8) is 0 Å². The molecule has 0 saturated carbocycles. The molecule has 0 fully saturated rings. The number of carboxylic acids is 2. The van der Waals surface area contributed by atoms with E-state index >= 15 is 0 Å². The third-order valence-corrected chi connectivity index (χ3v) is 3.77. The van der Waals surface area contributed by atoms with Gasteiger partial charge >= 0.3 is 11.9 Å². The van der Waals surface area contributed by atoms with Crippen LogP contribution in [0.5, 0.6) is 11.5 Å². The minimum atomic E-state index is -1.16. The average Bonchev–Trinajstić information content (AvgIpc) is 2.44. The van der Waals surface area contributed by atoms with E-state index < -0.39 is 11.9 Å². The molecule has 5 heteroatoms. The minimum Gasteiger partial charge on any atom is -0.478 e. The number of hydrogen-bond donors (Lipinski definition) is 2. The van der Waals surface area contributed by atoms with E-state index in [0.717, 1.165) is 11.1 Å². The summed E-state index contributed by atoms with van der Waals surface area (Å²) >= 11 is 0. The van der Waals surface area contributed by atoms with Gasteiger partial charge in [0, 0.05) is 5.56 Å². The Balaban J connectivity index is 2.72. The van der Waals surface area contributed by atoms with Crippen LogP contribution in [0, 0.1) is 27.7 Å². The Morgan fingerprint density at radius 1 is 0.870 bits per heavy atom. The van der Waals surface area contributed by atoms with Crippen molar-refractivity contribution in [1.82, 2.24) is 0 Å². The zero-order valence-corrected chi connectivity index (χ0v) is 13.4. The Morgan fingerprint density at radius 2 is 1.43 bits per heavy atom. The third kappa shape index (κ3) is 3.04. The first-order valence-electron chi connectivity index (χ1n) is 7.09. The number of rotatable bonds is 4. The fraction of sp³-hybridized carbons (Fsp3) is 0.222. The highest BCUT2D eigenvalue weighted by Gasteiger charge is 2.23. The molecule has 0 spiro atoms. The van der Waals surface area contributed by atoms with Crippen LogP contribution in [0.25, 0.3) is 0 Å². The van der Waals surface area contributed by atoms with E-state index in [0.29, 0.717) is 16.9 Å². The molecule has 0 amide bonds. The largest absolute Gasteiger partial charge is 0.478 e. The second-order valence-corrected chi connectivity index (χ2v) is 5.50. The van der Waals surface area contributed by atoms with E-state index in [1.165, 1.54) is 6.07 Å². The van der Waals surface area contributed by atoms with Gasteiger partial charge in [-0.05, 0) is 50.5 Å². The number of carboxylic acid groups (broad SMARTS) is 2. The zero-order chi connectivity index (χ0) is 17.3. The van der Waals surface area contributed by atoms with Crippen LogP contribution in [-0.2, 0) is 0 Å². The summed E-state index contributed by atoms with van der Waals surface area (Å²) in [7, 11) is 0. The molecule has 0 aromatic heterocycles. The molecular formula is C18H18O5. The van der Waals surface area contributed by atoms with Gasteiger partial charge in [-0.15, -0.1) is 0 Å². The molecule has 0 radical (unpaired) electrons. The lowest BCUT2D eigenvalue weighted by Gasteiger charge is -2.18. The maximum atomic E-state index is 11.5. The lowest BCUT2D eigenvalue weighted by molar-refractivity contribution is 0.0677. The number of aryl methyl sites for hydroxylation is 3. The van der Waals surface area contributed by atoms with Gasteiger partial charge in [0.1, 0.15) is 17.1 Å². The van der Waals surface area contributed by atoms with Crippen molar-refractivity contribution in [1.29, 1.82) is 0 Å². The molecule has 2 aromatic carbocycles. The molecule has 120 valence electrons. The van der Waals surface area contributed by atoms with Crippen molar-refractivity contribution in [2.45, 2.75) is 27.7 Å². The molecule has 0 unspecified atom stereocenters. The Labute approximate surface area is 134 Å². The standard InChI is InChI=1S/C18H18O5/c1-9-6-5-7-10(2)15(9)23-16-12(4)14(18(21)22)11(3)8-13(16)17(19)20/h5-8H,1-4H3,(H,19,20)(H,21,22). The van der Waals surface area contributed by atoms with Crippen LogP contribution in [0.15, 0.2) is 24.3 Å². The van der Waals surface area contributed by atoms with E-state index in [2.05, 4.69) is 0 Å². The predicted molar refractivity (Wildman–Crippen MR) is 85.8 cm³/mol. The van der Waals surface area contributed by atoms with Gasteiger partial charge < -0.3 is 14.9 Å². The van der Waals surface area contributed by atoms with E-state index in [9.17, 15) is 19.8 Å². The van der Waals surface area contributed by atoms with Gasteiger partial charge in [0.25, 0.3) is 0 Å². The number of carbonyl (C=O) groups is 2. The summed E-state index contributed by atoms with van der Waals surface area (Å²) in [4.78, 5) is 23.0. The lowest BCUT2D eigenvalue weighted by Crippen LogP contribution is -2.10. The molecule has 2 rings (SSSR count). The van der Waals surface area contributed by atoms with Gasteiger partial charge in [-0.1, -0.05) is 18.2 Å². The first-order valence-corrected chi connectivity index (χ1v) is 7.09. The molecule has 0 aliphatic rings. The van der Waals surface area contributed by atoms with Crippen LogP contribution in [-0.4, -0.2) is 22.2 Å². The molecule has 23 heavy (non-hydrogen) atoms. The summed E-state index contributed by atoms with van der Waals surface area (Å²) < 4.78 is 5.86. The van der Waals surface area contributed by atoms with Crippen molar-refractivity contribution in [3.8, 4) is 11.5 Å². The Hall–Kier alpha value is -2.82. The molecule has 0 heterocycles. The van der Waals surface area contributed by atoms with Crippen molar-refractivity contribution >= 4 is 11.9 Å². The van der Waals surface area contributed by atoms with Gasteiger partial charge in [-0.2, -0.15) is 0 Å². The summed E-state index contributed by atoms with van der Waals surface area (Å²) in [5.41, 5.74) is 2.40. The monoisotopic (exact) mass is 314 g/mol. The maximum absolute atomic E-state index is 11.5. The second-order valence-electron chi connectivity index (χ2n) is 5.50. The highest BCUT2D eigenvalue weighted by atomic mass is 16.5. The highest BCUT2D eigenvalue weighted by molar-refractivity contribution is 5.97. The van der Waals surface area contributed by atoms with E-state index in [-0.39, 0.29) is 16.9 Å². The molecule has 0 atom stereocenters. The van der Waals surface area contributed by atoms with Crippen molar-refractivity contribution in [3.05, 3.63) is 57.6 Å². The summed E-state index contributed by atoms with van der Waals surface area (Å²) in [5.74, 6) is -1.66. The van der Waals surface area contributed by atoms with E-state index in [1.807, 2.05) is 32.0 Å². The molecular weight excluding hydrogens is 296 g/mol. The summed E-state index contributed by atoms with van der Waals surface area (Å²) in [6, 6.07) is 6.91. The first-order chi connectivity index (χ1) is 10.7. The fourth-order valence-corrected chi connectivity index (χ4v) is 2.65. The van der Waals surface area contributed by atoms with Gasteiger partial charge in [0.05, 0.1) is 5.56 Å². The maximum Gasteiger partial charge on any atom is 0.339 e. The van der Waals surface area contributed by atoms with Crippen LogP contribution in [0.1, 0.15) is 43.0 Å². The molecule has 5 nitrogen and oxygen atoms in total. The molecule has 0 aliphatic carbocycles. The van der Waals surface area contributed by atoms with Crippen LogP contribution in [0.4, 0.5) is 0 Å². The molecule has 0 bridgehead atoms. The normalized spacial score (nSPS) is 10.4. The molecule has 2 aromatic rings. The Morgan fingerprint density at radius 3 is 1.91 bits per heavy atom. The highest BCUT2D eigenvalue weighted by Crippen LogP contribution is 2.36. The quantitative estimate of drug-likeness (QED) is 0.887. The first kappa shape index (κ1) is 16.5. The smallest absolute Gasteiger partial charge is 0.339 e. The molecule has 0 aliphatic heterocycles. The third-order valence-electron chi connectivity index (χ3n) is 3.77. The number of aromatic carboxylic acids is 2. The van der Waals surface area contributed by atoms with Gasteiger partial charge in [0.15, 0.2) is 0 Å². The van der Waals surface area contributed by atoms with Crippen LogP contribution >= 0.6 is 0 Å². The van der Waals surface area contributed by atoms with Crippen LogP contribution < -0.4 is 4.74 Å². The number of hydrogen-bond acceptors (Lipinski definition) is 3. The number of benzene rings is 2. The van der Waals surface area contributed by atoms with Crippen molar-refractivity contribution < 1.29 is 24.5 Å². The average molecular weight is 314 g/mol. The lowest BCUT2D eigenvalue weighted by atomic mass is 9.97. The van der Waals surface area contributed by atoms with Crippen molar-refractivity contribution in [2.75, 3.05) is 0 Å². The van der Waals surface area contributed by atoms with Gasteiger partial charge in [-0.3, -0.25) is 0 Å². The molecule has 2 N–H and O–H groups in total. The van der Waals surface area contributed by atoms with Crippen LogP contribution in [0.2, 0.25) is 0 Å². The van der Waals surface area contributed by atoms with Gasteiger partial charge in [0.2, 0.25) is 0 Å². The summed E-state index contributed by atoms with van der Waals surface area (Å²) in [6.45, 7) is 6.84. The number of para-hydroxylation sites is 1.